The molecule has 2 aromatic carbocycles. The summed E-state index contributed by atoms with van der Waals surface area (Å²) in [7, 11) is 0. The van der Waals surface area contributed by atoms with Crippen LogP contribution in [0, 0.1) is 18.3 Å². The van der Waals surface area contributed by atoms with Crippen LogP contribution < -0.4 is 15.5 Å². The van der Waals surface area contributed by atoms with Gasteiger partial charge < -0.3 is 15.5 Å². The summed E-state index contributed by atoms with van der Waals surface area (Å²) in [5, 5.41) is 15.6. The number of aryl methyl sites for hydroxylation is 1. The average molecular weight is 383 g/mol. The molecule has 0 bridgehead atoms. The lowest BCUT2D eigenvalue weighted by molar-refractivity contribution is -0.112. The van der Waals surface area contributed by atoms with Crippen molar-refractivity contribution >= 4 is 34.6 Å². The second-order valence-electron chi connectivity index (χ2n) is 5.95. The van der Waals surface area contributed by atoms with Crippen molar-refractivity contribution in [3.63, 3.8) is 0 Å². The minimum Gasteiger partial charge on any atom is -0.372 e. The first-order chi connectivity index (χ1) is 13.0. The molecule has 0 fully saturated rings. The highest BCUT2D eigenvalue weighted by atomic mass is 35.5. The van der Waals surface area contributed by atoms with Crippen LogP contribution in [0.15, 0.2) is 54.2 Å². The second kappa shape index (κ2) is 9.65. The molecule has 2 rings (SSSR count). The van der Waals surface area contributed by atoms with Crippen LogP contribution in [0.4, 0.5) is 17.1 Å². The number of halogens is 1. The van der Waals surface area contributed by atoms with E-state index in [1.807, 2.05) is 25.1 Å². The van der Waals surface area contributed by atoms with Gasteiger partial charge in [0.1, 0.15) is 11.6 Å². The molecule has 0 unspecified atom stereocenters. The van der Waals surface area contributed by atoms with E-state index in [9.17, 15) is 10.1 Å². The van der Waals surface area contributed by atoms with Gasteiger partial charge in [0, 0.05) is 41.4 Å². The highest BCUT2D eigenvalue weighted by Gasteiger charge is 2.10. The van der Waals surface area contributed by atoms with Crippen molar-refractivity contribution in [3.8, 4) is 6.07 Å². The van der Waals surface area contributed by atoms with Gasteiger partial charge in [-0.25, -0.2) is 0 Å². The third-order valence-corrected chi connectivity index (χ3v) is 4.43. The Morgan fingerprint density at radius 2 is 1.85 bits per heavy atom. The van der Waals surface area contributed by atoms with Gasteiger partial charge in [-0.1, -0.05) is 11.6 Å². The smallest absolute Gasteiger partial charge is 0.267 e. The summed E-state index contributed by atoms with van der Waals surface area (Å²) < 4.78 is 0. The number of carbonyl (C=O) groups is 1. The van der Waals surface area contributed by atoms with Gasteiger partial charge in [-0.05, 0) is 68.8 Å². The van der Waals surface area contributed by atoms with Crippen molar-refractivity contribution in [1.82, 2.24) is 0 Å². The number of benzene rings is 2. The van der Waals surface area contributed by atoms with Crippen LogP contribution in [0.1, 0.15) is 19.4 Å². The molecule has 5 nitrogen and oxygen atoms in total. The zero-order valence-corrected chi connectivity index (χ0v) is 16.5. The zero-order chi connectivity index (χ0) is 19.8. The van der Waals surface area contributed by atoms with E-state index in [0.717, 1.165) is 30.0 Å². The quantitative estimate of drug-likeness (QED) is 0.525. The summed E-state index contributed by atoms with van der Waals surface area (Å²) in [6.07, 6.45) is 1.42. The monoisotopic (exact) mass is 382 g/mol. The van der Waals surface area contributed by atoms with Gasteiger partial charge in [0.05, 0.1) is 0 Å². The zero-order valence-electron chi connectivity index (χ0n) is 15.7. The maximum Gasteiger partial charge on any atom is 0.267 e. The van der Waals surface area contributed by atoms with Gasteiger partial charge in [-0.2, -0.15) is 5.26 Å². The number of hydrogen-bond donors (Lipinski definition) is 2. The molecule has 0 heterocycles. The lowest BCUT2D eigenvalue weighted by atomic mass is 10.1. The summed E-state index contributed by atoms with van der Waals surface area (Å²) in [6, 6.07) is 14.7. The third-order valence-electron chi connectivity index (χ3n) is 4.18. The summed E-state index contributed by atoms with van der Waals surface area (Å²) >= 11 is 5.83. The fraction of sp³-hybridized carbons (Fsp3) is 0.238. The minimum absolute atomic E-state index is 0.0165. The Morgan fingerprint density at radius 1 is 1.19 bits per heavy atom. The van der Waals surface area contributed by atoms with Crippen molar-refractivity contribution in [2.45, 2.75) is 20.8 Å². The third kappa shape index (κ3) is 5.50. The largest absolute Gasteiger partial charge is 0.372 e. The van der Waals surface area contributed by atoms with Crippen LogP contribution in [0.25, 0.3) is 0 Å². The van der Waals surface area contributed by atoms with E-state index in [1.165, 1.54) is 6.20 Å². The maximum absolute atomic E-state index is 12.3. The summed E-state index contributed by atoms with van der Waals surface area (Å²) in [5.74, 6) is -0.482. The van der Waals surface area contributed by atoms with Crippen molar-refractivity contribution in [2.24, 2.45) is 0 Å². The van der Waals surface area contributed by atoms with Crippen LogP contribution in [-0.2, 0) is 4.79 Å². The second-order valence-corrected chi connectivity index (χ2v) is 6.38. The predicted molar refractivity (Wildman–Crippen MR) is 112 cm³/mol. The SMILES string of the molecule is CCN(CC)c1ccc(N/C=C(/C#N)C(=O)Nc2ccc(Cl)cc2)c(C)c1. The van der Waals surface area contributed by atoms with E-state index in [0.29, 0.717) is 10.7 Å². The van der Waals surface area contributed by atoms with Crippen LogP contribution in [0.2, 0.25) is 5.02 Å². The van der Waals surface area contributed by atoms with Gasteiger partial charge in [-0.3, -0.25) is 4.79 Å². The first-order valence-corrected chi connectivity index (χ1v) is 9.15. The minimum atomic E-state index is -0.482. The molecular weight excluding hydrogens is 360 g/mol. The molecule has 0 atom stereocenters. The molecule has 27 heavy (non-hydrogen) atoms. The van der Waals surface area contributed by atoms with E-state index in [2.05, 4.69) is 35.4 Å². The van der Waals surface area contributed by atoms with Crippen molar-refractivity contribution in [3.05, 3.63) is 64.8 Å². The fourth-order valence-electron chi connectivity index (χ4n) is 2.63. The predicted octanol–water partition coefficient (Wildman–Crippen LogP) is 4.95. The van der Waals surface area contributed by atoms with Crippen LogP contribution in [0.5, 0.6) is 0 Å². The van der Waals surface area contributed by atoms with Gasteiger partial charge in [-0.15, -0.1) is 0 Å². The number of nitrogens with zero attached hydrogens (tertiary/aromatic N) is 2. The highest BCUT2D eigenvalue weighted by molar-refractivity contribution is 6.30. The Morgan fingerprint density at radius 3 is 2.41 bits per heavy atom. The Bertz CT molecular complexity index is 865. The molecule has 0 saturated heterocycles. The number of hydrogen-bond acceptors (Lipinski definition) is 4. The molecule has 0 spiro atoms. The number of nitrogens with one attached hydrogen (secondary N) is 2. The highest BCUT2D eigenvalue weighted by Crippen LogP contribution is 2.23. The van der Waals surface area contributed by atoms with Crippen molar-refractivity contribution < 1.29 is 4.79 Å². The number of carbonyl (C=O) groups excluding carboxylic acids is 1. The molecule has 0 aromatic heterocycles. The first-order valence-electron chi connectivity index (χ1n) is 8.77. The molecule has 0 aliphatic carbocycles. The Labute approximate surface area is 165 Å². The molecular formula is C21H23ClN4O. The summed E-state index contributed by atoms with van der Waals surface area (Å²) in [6.45, 7) is 8.10. The molecule has 140 valence electrons. The van der Waals surface area contributed by atoms with E-state index >= 15 is 0 Å². The summed E-state index contributed by atoms with van der Waals surface area (Å²) in [5.41, 5.74) is 3.58. The Hall–Kier alpha value is -2.97. The van der Waals surface area contributed by atoms with Crippen molar-refractivity contribution in [2.75, 3.05) is 28.6 Å². The average Bonchev–Trinajstić information content (AvgIpc) is 2.66. The van der Waals surface area contributed by atoms with Crippen LogP contribution >= 0.6 is 11.6 Å². The molecule has 0 aliphatic rings. The van der Waals surface area contributed by atoms with Gasteiger partial charge in [0.15, 0.2) is 0 Å². The van der Waals surface area contributed by atoms with Gasteiger partial charge >= 0.3 is 0 Å². The number of amides is 1. The maximum atomic E-state index is 12.3. The molecule has 1 amide bonds. The number of rotatable bonds is 7. The molecule has 6 heteroatoms. The van der Waals surface area contributed by atoms with E-state index in [4.69, 9.17) is 11.6 Å². The first kappa shape index (κ1) is 20.3. The number of anilines is 3. The number of nitriles is 1. The topological polar surface area (TPSA) is 68.2 Å². The molecule has 2 N–H and O–H groups in total. The lowest BCUT2D eigenvalue weighted by Gasteiger charge is -2.22. The van der Waals surface area contributed by atoms with Gasteiger partial charge in [0.2, 0.25) is 0 Å². The summed E-state index contributed by atoms with van der Waals surface area (Å²) in [4.78, 5) is 14.5. The molecule has 0 saturated carbocycles. The van der Waals surface area contributed by atoms with Crippen LogP contribution in [-0.4, -0.2) is 19.0 Å². The molecule has 0 aliphatic heterocycles. The van der Waals surface area contributed by atoms with Crippen LogP contribution in [0.3, 0.4) is 0 Å². The Kier molecular flexibility index (Phi) is 7.27. The lowest BCUT2D eigenvalue weighted by Crippen LogP contribution is -2.21. The van der Waals surface area contributed by atoms with E-state index in [-0.39, 0.29) is 5.57 Å². The molecule has 0 radical (unpaired) electrons. The van der Waals surface area contributed by atoms with Gasteiger partial charge in [0.25, 0.3) is 5.91 Å². The normalized spacial score (nSPS) is 10.9. The standard InChI is InChI=1S/C21H23ClN4O/c1-4-26(5-2)19-10-11-20(15(3)12-19)24-14-16(13-23)21(27)25-18-8-6-17(22)7-9-18/h6-12,14,24H,4-5H2,1-3H3,(H,25,27)/b16-14-. The van der Waals surface area contributed by atoms with Crippen molar-refractivity contribution in [1.29, 1.82) is 5.26 Å². The molecule has 2 aromatic rings. The van der Waals surface area contributed by atoms with E-state index < -0.39 is 5.91 Å². The Balaban J connectivity index is 2.11. The fourth-order valence-corrected chi connectivity index (χ4v) is 2.75. The van der Waals surface area contributed by atoms with E-state index in [1.54, 1.807) is 24.3 Å².